The van der Waals surface area contributed by atoms with Crippen LogP contribution in [0.5, 0.6) is 0 Å². The minimum Gasteiger partial charge on any atom is -0.317 e. The molecule has 13 heavy (non-hydrogen) atoms. The van der Waals surface area contributed by atoms with Crippen LogP contribution in [0.1, 0.15) is 23.1 Å². The molecule has 0 fully saturated rings. The highest BCUT2D eigenvalue weighted by molar-refractivity contribution is 8.03. The third-order valence-corrected chi connectivity index (χ3v) is 3.00. The minimum absolute atomic E-state index is 0.0330. The molecular formula is C9H10N2OS. The monoisotopic (exact) mass is 194 g/mol. The number of hydrogen-bond donors (Lipinski definition) is 0. The fourth-order valence-corrected chi connectivity index (χ4v) is 2.34. The molecule has 1 aliphatic heterocycles. The lowest BCUT2D eigenvalue weighted by atomic mass is 10.2. The van der Waals surface area contributed by atoms with Crippen LogP contribution in [0.2, 0.25) is 0 Å². The number of imidazole rings is 1. The predicted molar refractivity (Wildman–Crippen MR) is 52.0 cm³/mol. The highest BCUT2D eigenvalue weighted by Crippen LogP contribution is 2.35. The van der Waals surface area contributed by atoms with Gasteiger partial charge in [0.2, 0.25) is 0 Å². The standard InChI is InChI=1S/C9H10N2OS/c1-5-4-11-6(2)8(7(3)12)10-9(11)13-5/h1,4H2,2-3H3. The first-order valence-electron chi connectivity index (χ1n) is 4.03. The molecule has 1 aliphatic rings. The number of thioether (sulfide) groups is 1. The highest BCUT2D eigenvalue weighted by Gasteiger charge is 2.22. The van der Waals surface area contributed by atoms with E-state index in [1.54, 1.807) is 18.7 Å². The molecule has 3 nitrogen and oxygen atoms in total. The summed E-state index contributed by atoms with van der Waals surface area (Å²) in [6.45, 7) is 8.13. The van der Waals surface area contributed by atoms with E-state index in [1.165, 1.54) is 0 Å². The molecule has 1 aromatic heterocycles. The lowest BCUT2D eigenvalue weighted by Gasteiger charge is -1.98. The second-order valence-electron chi connectivity index (χ2n) is 3.11. The molecule has 0 saturated heterocycles. The van der Waals surface area contributed by atoms with Gasteiger partial charge in [-0.3, -0.25) is 4.79 Å². The van der Waals surface area contributed by atoms with Gasteiger partial charge in [0.1, 0.15) is 5.69 Å². The maximum Gasteiger partial charge on any atom is 0.180 e. The summed E-state index contributed by atoms with van der Waals surface area (Å²) in [7, 11) is 0. The second kappa shape index (κ2) is 2.73. The molecule has 0 atom stereocenters. The van der Waals surface area contributed by atoms with E-state index in [2.05, 4.69) is 11.6 Å². The SMILES string of the molecule is C=C1Cn2c(nc(C(C)=O)c2C)S1. The molecule has 0 aliphatic carbocycles. The molecule has 0 aromatic carbocycles. The fraction of sp³-hybridized carbons (Fsp3) is 0.333. The van der Waals surface area contributed by atoms with E-state index in [0.29, 0.717) is 5.69 Å². The topological polar surface area (TPSA) is 34.9 Å². The normalized spacial score (nSPS) is 14.8. The summed E-state index contributed by atoms with van der Waals surface area (Å²) in [5.74, 6) is 0.0330. The third-order valence-electron chi connectivity index (χ3n) is 2.09. The van der Waals surface area contributed by atoms with Crippen LogP contribution >= 0.6 is 11.8 Å². The zero-order valence-electron chi connectivity index (χ0n) is 7.63. The summed E-state index contributed by atoms with van der Waals surface area (Å²) < 4.78 is 2.03. The van der Waals surface area contributed by atoms with Gasteiger partial charge in [-0.25, -0.2) is 4.98 Å². The van der Waals surface area contributed by atoms with Gasteiger partial charge >= 0.3 is 0 Å². The predicted octanol–water partition coefficient (Wildman–Crippen LogP) is 2.01. The number of aromatic nitrogens is 2. The lowest BCUT2D eigenvalue weighted by Crippen LogP contribution is -2.00. The number of nitrogens with zero attached hydrogens (tertiary/aromatic N) is 2. The van der Waals surface area contributed by atoms with Gasteiger partial charge in [0, 0.05) is 17.5 Å². The smallest absolute Gasteiger partial charge is 0.180 e. The Morgan fingerprint density at radius 2 is 2.38 bits per heavy atom. The second-order valence-corrected chi connectivity index (χ2v) is 4.26. The van der Waals surface area contributed by atoms with E-state index in [4.69, 9.17) is 0 Å². The lowest BCUT2D eigenvalue weighted by molar-refractivity contribution is 0.101. The van der Waals surface area contributed by atoms with Crippen molar-refractivity contribution >= 4 is 17.5 Å². The maximum atomic E-state index is 11.1. The molecule has 0 radical (unpaired) electrons. The van der Waals surface area contributed by atoms with E-state index in [0.717, 1.165) is 22.3 Å². The van der Waals surface area contributed by atoms with Gasteiger partial charge in [0.25, 0.3) is 0 Å². The Morgan fingerprint density at radius 1 is 1.69 bits per heavy atom. The van der Waals surface area contributed by atoms with Crippen LogP contribution in [0, 0.1) is 6.92 Å². The average Bonchev–Trinajstić information content (AvgIpc) is 2.51. The van der Waals surface area contributed by atoms with Gasteiger partial charge in [0.05, 0.1) is 6.54 Å². The van der Waals surface area contributed by atoms with Gasteiger partial charge in [0.15, 0.2) is 10.9 Å². The number of fused-ring (bicyclic) bond motifs is 1. The molecule has 2 heterocycles. The quantitative estimate of drug-likeness (QED) is 0.641. The van der Waals surface area contributed by atoms with E-state index in [9.17, 15) is 4.79 Å². The van der Waals surface area contributed by atoms with Gasteiger partial charge in [-0.1, -0.05) is 18.3 Å². The summed E-state index contributed by atoms with van der Waals surface area (Å²) >= 11 is 1.55. The molecule has 0 saturated carbocycles. The van der Waals surface area contributed by atoms with Crippen molar-refractivity contribution in [3.8, 4) is 0 Å². The van der Waals surface area contributed by atoms with Gasteiger partial charge in [-0.2, -0.15) is 0 Å². The van der Waals surface area contributed by atoms with Crippen LogP contribution < -0.4 is 0 Å². The first-order valence-corrected chi connectivity index (χ1v) is 4.85. The molecule has 0 unspecified atom stereocenters. The maximum absolute atomic E-state index is 11.1. The van der Waals surface area contributed by atoms with Crippen LogP contribution in [-0.2, 0) is 6.54 Å². The van der Waals surface area contributed by atoms with Crippen molar-refractivity contribution < 1.29 is 4.79 Å². The number of ketones is 1. The Kier molecular flexibility index (Phi) is 1.80. The van der Waals surface area contributed by atoms with Crippen molar-refractivity contribution in [3.63, 3.8) is 0 Å². The first kappa shape index (κ1) is 8.56. The largest absolute Gasteiger partial charge is 0.317 e. The Balaban J connectivity index is 2.53. The van der Waals surface area contributed by atoms with Crippen LogP contribution in [0.4, 0.5) is 0 Å². The van der Waals surface area contributed by atoms with Crippen molar-refractivity contribution in [1.82, 2.24) is 9.55 Å². The van der Waals surface area contributed by atoms with Crippen LogP contribution in [-0.4, -0.2) is 15.3 Å². The van der Waals surface area contributed by atoms with Crippen molar-refractivity contribution in [1.29, 1.82) is 0 Å². The number of rotatable bonds is 1. The van der Waals surface area contributed by atoms with Crippen molar-refractivity contribution in [2.24, 2.45) is 0 Å². The van der Waals surface area contributed by atoms with Crippen LogP contribution in [0.15, 0.2) is 16.6 Å². The Labute approximate surface area is 80.8 Å². The molecule has 1 aromatic rings. The van der Waals surface area contributed by atoms with E-state index in [1.807, 2.05) is 11.5 Å². The van der Waals surface area contributed by atoms with Crippen molar-refractivity contribution in [2.45, 2.75) is 25.5 Å². The first-order chi connectivity index (χ1) is 6.09. The summed E-state index contributed by atoms with van der Waals surface area (Å²) in [5.41, 5.74) is 1.55. The molecule has 0 spiro atoms. The van der Waals surface area contributed by atoms with Crippen molar-refractivity contribution in [3.05, 3.63) is 22.9 Å². The summed E-state index contributed by atoms with van der Waals surface area (Å²) in [6, 6.07) is 0. The number of hydrogen-bond acceptors (Lipinski definition) is 3. The highest BCUT2D eigenvalue weighted by atomic mass is 32.2. The zero-order valence-corrected chi connectivity index (χ0v) is 8.44. The summed E-state index contributed by atoms with van der Waals surface area (Å²) in [6.07, 6.45) is 0. The van der Waals surface area contributed by atoms with Gasteiger partial charge in [-0.05, 0) is 6.92 Å². The molecule has 2 rings (SSSR count). The molecular weight excluding hydrogens is 184 g/mol. The van der Waals surface area contributed by atoms with Crippen molar-refractivity contribution in [2.75, 3.05) is 0 Å². The van der Waals surface area contributed by atoms with Gasteiger partial charge in [-0.15, -0.1) is 0 Å². The van der Waals surface area contributed by atoms with Crippen LogP contribution in [0.3, 0.4) is 0 Å². The Bertz CT molecular complexity index is 406. The fourth-order valence-electron chi connectivity index (χ4n) is 1.44. The molecule has 0 bridgehead atoms. The minimum atomic E-state index is 0.0330. The van der Waals surface area contributed by atoms with E-state index in [-0.39, 0.29) is 5.78 Å². The molecule has 68 valence electrons. The van der Waals surface area contributed by atoms with E-state index < -0.39 is 0 Å². The average molecular weight is 194 g/mol. The third kappa shape index (κ3) is 1.21. The van der Waals surface area contributed by atoms with E-state index >= 15 is 0 Å². The molecule has 0 N–H and O–H groups in total. The number of allylic oxidation sites excluding steroid dienone is 1. The van der Waals surface area contributed by atoms with Gasteiger partial charge < -0.3 is 4.57 Å². The molecule has 0 amide bonds. The molecule has 4 heteroatoms. The zero-order chi connectivity index (χ0) is 9.59. The Morgan fingerprint density at radius 3 is 2.92 bits per heavy atom. The van der Waals surface area contributed by atoms with Crippen LogP contribution in [0.25, 0.3) is 0 Å². The summed E-state index contributed by atoms with van der Waals surface area (Å²) in [5, 5.41) is 0.896. The summed E-state index contributed by atoms with van der Waals surface area (Å²) in [4.78, 5) is 16.5. The number of Topliss-reactive ketones (excluding diaryl/α,β-unsaturated/α-hetero) is 1. The Hall–Kier alpha value is -1.03. The number of carbonyl (C=O) groups is 1. The number of carbonyl (C=O) groups excluding carboxylic acids is 1.